The van der Waals surface area contributed by atoms with Gasteiger partial charge in [0.1, 0.15) is 11.6 Å². The van der Waals surface area contributed by atoms with E-state index in [-0.39, 0.29) is 12.8 Å². The number of amides is 3. The predicted octanol–water partition coefficient (Wildman–Crippen LogP) is 1.89. The Balaban J connectivity index is 1.95. The Morgan fingerprint density at radius 1 is 1.21 bits per heavy atom. The van der Waals surface area contributed by atoms with E-state index in [1.165, 1.54) is 6.92 Å². The summed E-state index contributed by atoms with van der Waals surface area (Å²) in [5.74, 6) is -2.96. The van der Waals surface area contributed by atoms with Gasteiger partial charge in [-0.3, -0.25) is 14.4 Å². The van der Waals surface area contributed by atoms with E-state index in [0.717, 1.165) is 0 Å². The van der Waals surface area contributed by atoms with Crippen LogP contribution in [0.4, 0.5) is 10.5 Å². The highest BCUT2D eigenvalue weighted by Gasteiger charge is 2.61. The fourth-order valence-electron chi connectivity index (χ4n) is 2.93. The van der Waals surface area contributed by atoms with Crippen LogP contribution in [0.25, 0.3) is 0 Å². The first-order valence-electron chi connectivity index (χ1n) is 9.31. The molecule has 1 aliphatic rings. The minimum atomic E-state index is -1.23. The van der Waals surface area contributed by atoms with Crippen LogP contribution in [0.5, 0.6) is 0 Å². The van der Waals surface area contributed by atoms with Crippen molar-refractivity contribution >= 4 is 29.6 Å². The number of ether oxygens (including phenoxy) is 1. The van der Waals surface area contributed by atoms with Crippen LogP contribution in [-0.2, 0) is 19.1 Å². The van der Waals surface area contributed by atoms with Crippen LogP contribution in [0.1, 0.15) is 40.5 Å². The molecule has 0 heterocycles. The van der Waals surface area contributed by atoms with Crippen molar-refractivity contribution in [3.05, 3.63) is 30.3 Å². The molecule has 158 valence electrons. The van der Waals surface area contributed by atoms with Gasteiger partial charge in [0.15, 0.2) is 0 Å². The molecule has 0 spiro atoms. The van der Waals surface area contributed by atoms with E-state index < -0.39 is 47.0 Å². The lowest BCUT2D eigenvalue weighted by molar-refractivity contribution is -0.139. The highest BCUT2D eigenvalue weighted by Crippen LogP contribution is 2.46. The molecule has 1 aromatic carbocycles. The van der Waals surface area contributed by atoms with Gasteiger partial charge in [-0.1, -0.05) is 18.2 Å². The molecule has 0 radical (unpaired) electrons. The number of aliphatic carboxylic acids is 1. The number of para-hydroxylation sites is 1. The smallest absolute Gasteiger partial charge is 0.408 e. The van der Waals surface area contributed by atoms with Crippen molar-refractivity contribution in [1.29, 1.82) is 0 Å². The van der Waals surface area contributed by atoms with E-state index >= 15 is 0 Å². The first-order valence-corrected chi connectivity index (χ1v) is 9.31. The maximum Gasteiger partial charge on any atom is 0.408 e. The van der Waals surface area contributed by atoms with Crippen LogP contribution in [0, 0.1) is 5.92 Å². The van der Waals surface area contributed by atoms with Crippen molar-refractivity contribution in [2.45, 2.75) is 57.7 Å². The van der Waals surface area contributed by atoms with E-state index in [1.807, 2.05) is 6.07 Å². The Morgan fingerprint density at radius 2 is 1.83 bits per heavy atom. The standard InChI is InChI=1S/C20H27N3O6/c1-12(16(25)22-13-8-6-5-7-9-13)21-15(24)11-20(10-14(20)17(26)27)23-18(28)29-19(2,3)4/h5-9,12,14H,10-11H2,1-4H3,(H,21,24)(H,22,25)(H,23,28)(H,26,27)/t12-,14-,20?/m0/s1. The van der Waals surface area contributed by atoms with Gasteiger partial charge in [0.25, 0.3) is 0 Å². The van der Waals surface area contributed by atoms with Crippen molar-refractivity contribution in [3.63, 3.8) is 0 Å². The normalized spacial score (nSPS) is 21.4. The first kappa shape index (κ1) is 22.2. The Bertz CT molecular complexity index is 789. The summed E-state index contributed by atoms with van der Waals surface area (Å²) in [5.41, 5.74) is -1.39. The number of nitrogens with one attached hydrogen (secondary N) is 3. The number of carboxylic acids is 1. The van der Waals surface area contributed by atoms with Crippen molar-refractivity contribution in [3.8, 4) is 0 Å². The monoisotopic (exact) mass is 405 g/mol. The molecule has 1 fully saturated rings. The summed E-state index contributed by atoms with van der Waals surface area (Å²) in [5, 5.41) is 17.0. The van der Waals surface area contributed by atoms with E-state index in [0.29, 0.717) is 5.69 Å². The summed E-state index contributed by atoms with van der Waals surface area (Å²) in [6.45, 7) is 6.56. The lowest BCUT2D eigenvalue weighted by Crippen LogP contribution is -2.48. The predicted molar refractivity (Wildman–Crippen MR) is 105 cm³/mol. The molecule has 9 heteroatoms. The number of rotatable bonds is 7. The summed E-state index contributed by atoms with van der Waals surface area (Å²) in [7, 11) is 0. The van der Waals surface area contributed by atoms with E-state index in [9.17, 15) is 24.3 Å². The Labute approximate surface area is 169 Å². The number of carbonyl (C=O) groups excluding carboxylic acids is 3. The third-order valence-electron chi connectivity index (χ3n) is 4.41. The maximum atomic E-state index is 12.4. The SMILES string of the molecule is C[C@H](NC(=O)CC1(NC(=O)OC(C)(C)C)C[C@H]1C(=O)O)C(=O)Nc1ccccc1. The van der Waals surface area contributed by atoms with Crippen LogP contribution in [0.15, 0.2) is 30.3 Å². The van der Waals surface area contributed by atoms with Gasteiger partial charge in [0.05, 0.1) is 17.9 Å². The minimum Gasteiger partial charge on any atom is -0.481 e. The molecule has 29 heavy (non-hydrogen) atoms. The highest BCUT2D eigenvalue weighted by atomic mass is 16.6. The zero-order valence-electron chi connectivity index (χ0n) is 16.9. The van der Waals surface area contributed by atoms with Crippen molar-refractivity contribution in [2.75, 3.05) is 5.32 Å². The van der Waals surface area contributed by atoms with E-state index in [1.54, 1.807) is 45.0 Å². The van der Waals surface area contributed by atoms with Crippen LogP contribution in [0.2, 0.25) is 0 Å². The molecule has 0 aliphatic heterocycles. The number of hydrogen-bond donors (Lipinski definition) is 4. The Morgan fingerprint density at radius 3 is 2.34 bits per heavy atom. The van der Waals surface area contributed by atoms with Gasteiger partial charge in [0, 0.05) is 5.69 Å². The number of carbonyl (C=O) groups is 4. The van der Waals surface area contributed by atoms with Crippen LogP contribution in [-0.4, -0.2) is 46.2 Å². The molecule has 1 saturated carbocycles. The van der Waals surface area contributed by atoms with Crippen molar-refractivity contribution in [2.24, 2.45) is 5.92 Å². The minimum absolute atomic E-state index is 0.111. The Hall–Kier alpha value is -3.10. The van der Waals surface area contributed by atoms with Crippen LogP contribution >= 0.6 is 0 Å². The molecular formula is C20H27N3O6. The van der Waals surface area contributed by atoms with Gasteiger partial charge in [-0.25, -0.2) is 4.79 Å². The largest absolute Gasteiger partial charge is 0.481 e. The van der Waals surface area contributed by atoms with Crippen molar-refractivity contribution < 1.29 is 29.0 Å². The molecule has 3 atom stereocenters. The second-order valence-electron chi connectivity index (χ2n) is 8.20. The summed E-state index contributed by atoms with van der Waals surface area (Å²) in [6.07, 6.45) is -0.949. The lowest BCUT2D eigenvalue weighted by Gasteiger charge is -2.24. The highest BCUT2D eigenvalue weighted by molar-refractivity contribution is 5.97. The topological polar surface area (TPSA) is 134 Å². The molecular weight excluding hydrogens is 378 g/mol. The fraction of sp³-hybridized carbons (Fsp3) is 0.500. The van der Waals surface area contributed by atoms with Gasteiger partial charge in [0.2, 0.25) is 11.8 Å². The third kappa shape index (κ3) is 6.48. The van der Waals surface area contributed by atoms with Gasteiger partial charge in [-0.05, 0) is 46.2 Å². The molecule has 0 aromatic heterocycles. The summed E-state index contributed by atoms with van der Waals surface area (Å²) >= 11 is 0. The van der Waals surface area contributed by atoms with Crippen LogP contribution < -0.4 is 16.0 Å². The molecule has 4 N–H and O–H groups in total. The second kappa shape index (κ2) is 8.50. The molecule has 1 aliphatic carbocycles. The number of hydrogen-bond acceptors (Lipinski definition) is 5. The summed E-state index contributed by atoms with van der Waals surface area (Å²) < 4.78 is 5.17. The molecule has 1 aromatic rings. The molecule has 3 amide bonds. The summed E-state index contributed by atoms with van der Waals surface area (Å²) in [6, 6.07) is 7.94. The average molecular weight is 405 g/mol. The number of alkyl carbamates (subject to hydrolysis) is 1. The number of anilines is 1. The first-order chi connectivity index (χ1) is 13.4. The zero-order chi connectivity index (χ0) is 21.8. The van der Waals surface area contributed by atoms with Gasteiger partial charge in [-0.2, -0.15) is 0 Å². The fourth-order valence-corrected chi connectivity index (χ4v) is 2.93. The quantitative estimate of drug-likeness (QED) is 0.547. The van der Waals surface area contributed by atoms with Crippen LogP contribution in [0.3, 0.4) is 0 Å². The average Bonchev–Trinajstić information content (AvgIpc) is 3.27. The zero-order valence-corrected chi connectivity index (χ0v) is 16.9. The van der Waals surface area contributed by atoms with E-state index in [2.05, 4.69) is 16.0 Å². The Kier molecular flexibility index (Phi) is 6.51. The van der Waals surface area contributed by atoms with Gasteiger partial charge in [-0.15, -0.1) is 0 Å². The molecule has 9 nitrogen and oxygen atoms in total. The molecule has 1 unspecified atom stereocenters. The molecule has 0 saturated heterocycles. The van der Waals surface area contributed by atoms with Gasteiger partial charge < -0.3 is 25.8 Å². The second-order valence-corrected chi connectivity index (χ2v) is 8.20. The number of benzene rings is 1. The summed E-state index contributed by atoms with van der Waals surface area (Å²) in [4.78, 5) is 48.1. The molecule has 2 rings (SSSR count). The lowest BCUT2D eigenvalue weighted by atomic mass is 10.1. The van der Waals surface area contributed by atoms with Crippen molar-refractivity contribution in [1.82, 2.24) is 10.6 Å². The maximum absolute atomic E-state index is 12.4. The third-order valence-corrected chi connectivity index (χ3v) is 4.41. The van der Waals surface area contributed by atoms with Gasteiger partial charge >= 0.3 is 12.1 Å². The van der Waals surface area contributed by atoms with E-state index in [4.69, 9.17) is 4.74 Å². The number of carboxylic acid groups (broad SMARTS) is 1. The molecule has 0 bridgehead atoms.